The zero-order chi connectivity index (χ0) is 37.2. The van der Waals surface area contributed by atoms with Gasteiger partial charge in [-0.1, -0.05) is 34.1 Å². The van der Waals surface area contributed by atoms with Gasteiger partial charge in [-0.25, -0.2) is 4.79 Å². The van der Waals surface area contributed by atoms with Gasteiger partial charge in [-0.2, -0.15) is 0 Å². The summed E-state index contributed by atoms with van der Waals surface area (Å²) in [6.45, 7) is 7.81. The van der Waals surface area contributed by atoms with E-state index in [9.17, 15) is 48.6 Å². The summed E-state index contributed by atoms with van der Waals surface area (Å²) in [6, 6.07) is -8.13. The molecule has 2 fully saturated rings. The number of carboxylic acids is 1. The van der Waals surface area contributed by atoms with Gasteiger partial charge in [0.15, 0.2) is 0 Å². The average molecular weight is 697 g/mol. The lowest BCUT2D eigenvalue weighted by molar-refractivity contribution is -0.150. The first-order valence-corrected chi connectivity index (χ1v) is 16.6. The van der Waals surface area contributed by atoms with Crippen molar-refractivity contribution in [1.82, 2.24) is 31.1 Å². The third kappa shape index (κ3) is 10.8. The largest absolute Gasteiger partial charge is 0.480 e. The molecule has 276 valence electrons. The van der Waals surface area contributed by atoms with Crippen LogP contribution >= 0.6 is 0 Å². The van der Waals surface area contributed by atoms with Crippen LogP contribution in [0, 0.1) is 11.8 Å². The van der Waals surface area contributed by atoms with E-state index in [4.69, 9.17) is 11.5 Å². The molecule has 2 saturated heterocycles. The molecule has 0 aromatic rings. The van der Waals surface area contributed by atoms with Crippen LogP contribution in [0.15, 0.2) is 0 Å². The number of aliphatic hydroxyl groups excluding tert-OH is 1. The fourth-order valence-corrected chi connectivity index (χ4v) is 5.89. The van der Waals surface area contributed by atoms with E-state index in [0.29, 0.717) is 19.3 Å². The molecule has 7 amide bonds. The maximum Gasteiger partial charge on any atom is 0.326 e. The Hall–Kier alpha value is -4.32. The molecule has 0 saturated carbocycles. The van der Waals surface area contributed by atoms with E-state index in [1.54, 1.807) is 27.7 Å². The molecular formula is C31H52N8O10. The molecule has 2 aliphatic heterocycles. The van der Waals surface area contributed by atoms with E-state index in [-0.39, 0.29) is 25.9 Å². The van der Waals surface area contributed by atoms with Gasteiger partial charge in [-0.05, 0) is 44.4 Å². The highest BCUT2D eigenvalue weighted by Gasteiger charge is 2.41. The Labute approximate surface area is 285 Å². The summed E-state index contributed by atoms with van der Waals surface area (Å²) < 4.78 is 0. The second-order valence-electron chi connectivity index (χ2n) is 13.1. The molecule has 0 aromatic heterocycles. The fraction of sp³-hybridized carbons (Fsp3) is 0.742. The second kappa shape index (κ2) is 18.4. The van der Waals surface area contributed by atoms with Gasteiger partial charge in [0.1, 0.15) is 36.3 Å². The molecule has 10 N–H and O–H groups in total. The minimum atomic E-state index is -1.51. The van der Waals surface area contributed by atoms with Gasteiger partial charge in [0.25, 0.3) is 0 Å². The van der Waals surface area contributed by atoms with Crippen LogP contribution in [0.3, 0.4) is 0 Å². The first-order valence-electron chi connectivity index (χ1n) is 16.6. The first kappa shape index (κ1) is 40.9. The number of nitrogens with two attached hydrogens (primary N) is 2. The Kier molecular flexibility index (Phi) is 15.4. The van der Waals surface area contributed by atoms with E-state index in [1.165, 1.54) is 16.7 Å². The van der Waals surface area contributed by atoms with Crippen LogP contribution in [0.25, 0.3) is 0 Å². The van der Waals surface area contributed by atoms with Gasteiger partial charge in [-0.3, -0.25) is 33.6 Å². The van der Waals surface area contributed by atoms with Gasteiger partial charge in [0.2, 0.25) is 41.4 Å². The number of aliphatic hydroxyl groups is 1. The van der Waals surface area contributed by atoms with Crippen molar-refractivity contribution < 1.29 is 48.6 Å². The predicted octanol–water partition coefficient (Wildman–Crippen LogP) is -3.09. The Balaban J connectivity index is 2.11. The third-order valence-electron chi connectivity index (χ3n) is 8.99. The molecule has 0 unspecified atom stereocenters. The number of carbonyl (C=O) groups excluding carboxylic acids is 7. The van der Waals surface area contributed by atoms with Crippen molar-refractivity contribution in [3.63, 3.8) is 0 Å². The van der Waals surface area contributed by atoms with Gasteiger partial charge < -0.3 is 52.7 Å². The number of rotatable bonds is 17. The lowest BCUT2D eigenvalue weighted by Gasteiger charge is -2.32. The van der Waals surface area contributed by atoms with Crippen molar-refractivity contribution in [2.24, 2.45) is 23.3 Å². The number of aliphatic carboxylic acids is 1. The Morgan fingerprint density at radius 3 is 1.86 bits per heavy atom. The zero-order valence-corrected chi connectivity index (χ0v) is 28.8. The van der Waals surface area contributed by atoms with Crippen LogP contribution in [-0.4, -0.2) is 129 Å². The maximum atomic E-state index is 13.4. The van der Waals surface area contributed by atoms with Crippen LogP contribution in [0.2, 0.25) is 0 Å². The molecule has 0 radical (unpaired) electrons. The Bertz CT molecular complexity index is 1260. The van der Waals surface area contributed by atoms with Crippen molar-refractivity contribution in [2.75, 3.05) is 19.7 Å². The minimum Gasteiger partial charge on any atom is -0.480 e. The smallest absolute Gasteiger partial charge is 0.326 e. The average Bonchev–Trinajstić information content (AvgIpc) is 3.74. The topological polar surface area (TPSA) is 284 Å². The molecule has 0 bridgehead atoms. The van der Waals surface area contributed by atoms with Gasteiger partial charge in [0, 0.05) is 13.1 Å². The predicted molar refractivity (Wildman–Crippen MR) is 174 cm³/mol. The number of hydrogen-bond donors (Lipinski definition) is 8. The number of likely N-dealkylation sites (tertiary alicyclic amines) is 2. The highest BCUT2D eigenvalue weighted by atomic mass is 16.4. The standard InChI is InChI=1S/C31H52N8O10/c1-6-16(4)24(30(47)39-12-8-10-21(39)31(48)49)37-26(43)19(14-40)35-28(45)23(15(2)3)36-27(44)20-9-7-11-38(20)29(46)17(5)34-25(42)18(32)13-22(33)41/h15-21,23-24,40H,6-14,32H2,1-5H3,(H2,33,41)(H,34,42)(H,35,45)(H,36,44)(H,37,43)(H,48,49)/t16-,17-,18-,19-,20-,21-,23-,24-/m0/s1. The second-order valence-corrected chi connectivity index (χ2v) is 13.1. The monoisotopic (exact) mass is 696 g/mol. The summed E-state index contributed by atoms with van der Waals surface area (Å²) in [6.07, 6.45) is 1.58. The van der Waals surface area contributed by atoms with Crippen molar-refractivity contribution >= 4 is 47.3 Å². The number of nitrogens with one attached hydrogen (secondary N) is 4. The summed E-state index contributed by atoms with van der Waals surface area (Å²) in [4.78, 5) is 104. The normalized spacial score (nSPS) is 21.1. The summed E-state index contributed by atoms with van der Waals surface area (Å²) in [7, 11) is 0. The highest BCUT2D eigenvalue weighted by molar-refractivity contribution is 5.97. The van der Waals surface area contributed by atoms with Crippen LogP contribution in [0.4, 0.5) is 0 Å². The van der Waals surface area contributed by atoms with Gasteiger partial charge >= 0.3 is 5.97 Å². The molecule has 2 heterocycles. The Morgan fingerprint density at radius 1 is 0.776 bits per heavy atom. The molecule has 49 heavy (non-hydrogen) atoms. The maximum absolute atomic E-state index is 13.4. The molecule has 18 heteroatoms. The lowest BCUT2D eigenvalue weighted by Crippen LogP contribution is -2.61. The molecule has 0 spiro atoms. The van der Waals surface area contributed by atoms with Gasteiger partial charge in [0.05, 0.1) is 19.1 Å². The summed E-state index contributed by atoms with van der Waals surface area (Å²) in [5.74, 6) is -7.04. The number of carbonyl (C=O) groups is 8. The van der Waals surface area contributed by atoms with Crippen LogP contribution in [-0.2, 0) is 38.4 Å². The Morgan fingerprint density at radius 2 is 1.35 bits per heavy atom. The van der Waals surface area contributed by atoms with E-state index in [2.05, 4.69) is 21.3 Å². The number of amides is 7. The van der Waals surface area contributed by atoms with Gasteiger partial charge in [-0.15, -0.1) is 0 Å². The fourth-order valence-electron chi connectivity index (χ4n) is 5.89. The number of nitrogens with zero attached hydrogens (tertiary/aromatic N) is 2. The van der Waals surface area contributed by atoms with Crippen LogP contribution in [0.5, 0.6) is 0 Å². The number of hydrogen-bond acceptors (Lipinski definition) is 10. The van der Waals surface area contributed by atoms with Crippen LogP contribution in [0.1, 0.15) is 73.1 Å². The summed E-state index contributed by atoms with van der Waals surface area (Å²) in [5.41, 5.74) is 10.7. The molecule has 0 aliphatic carbocycles. The van der Waals surface area contributed by atoms with E-state index >= 15 is 0 Å². The van der Waals surface area contributed by atoms with Crippen molar-refractivity contribution in [3.05, 3.63) is 0 Å². The van der Waals surface area contributed by atoms with E-state index in [1.807, 2.05) is 0 Å². The summed E-state index contributed by atoms with van der Waals surface area (Å²) in [5, 5.41) is 29.7. The van der Waals surface area contributed by atoms with E-state index < -0.39 is 114 Å². The number of carboxylic acid groups (broad SMARTS) is 1. The lowest BCUT2D eigenvalue weighted by atomic mass is 9.97. The number of primary amides is 1. The molecule has 18 nitrogen and oxygen atoms in total. The van der Waals surface area contributed by atoms with E-state index in [0.717, 1.165) is 0 Å². The summed E-state index contributed by atoms with van der Waals surface area (Å²) >= 11 is 0. The highest BCUT2D eigenvalue weighted by Crippen LogP contribution is 2.22. The molecular weight excluding hydrogens is 644 g/mol. The van der Waals surface area contributed by atoms with Crippen molar-refractivity contribution in [2.45, 2.75) is 115 Å². The SMILES string of the molecule is CC[C@H](C)[C@H](NC(=O)[C@H](CO)NC(=O)[C@@H](NC(=O)[C@@H]1CCCN1C(=O)[C@H](C)NC(=O)[C@@H](N)CC(N)=O)C(C)C)C(=O)N1CCC[C@H]1C(=O)O. The van der Waals surface area contributed by atoms with Crippen molar-refractivity contribution in [3.8, 4) is 0 Å². The molecule has 8 atom stereocenters. The minimum absolute atomic E-state index is 0.205. The van der Waals surface area contributed by atoms with Crippen molar-refractivity contribution in [1.29, 1.82) is 0 Å². The first-order chi connectivity index (χ1) is 22.9. The zero-order valence-electron chi connectivity index (χ0n) is 28.8. The molecule has 0 aromatic carbocycles. The molecule has 2 rings (SSSR count). The third-order valence-corrected chi connectivity index (χ3v) is 8.99. The van der Waals surface area contributed by atoms with Crippen LogP contribution < -0.4 is 32.7 Å². The molecule has 2 aliphatic rings. The quantitative estimate of drug-likeness (QED) is 0.0754.